The first kappa shape index (κ1) is 26.0. The zero-order valence-corrected chi connectivity index (χ0v) is 20.8. The van der Waals surface area contributed by atoms with E-state index in [2.05, 4.69) is 37.7 Å². The lowest BCUT2D eigenvalue weighted by Gasteiger charge is -2.27. The molecular weight excluding hydrogens is 483 g/mol. The van der Waals surface area contributed by atoms with Crippen molar-refractivity contribution in [3.63, 3.8) is 0 Å². The maximum absolute atomic E-state index is 12.8. The number of nitrogens with one attached hydrogen (secondary N) is 3. The number of alkyl halides is 3. The van der Waals surface area contributed by atoms with Crippen LogP contribution in [0.2, 0.25) is 0 Å². The number of hydrogen-bond donors (Lipinski definition) is 3. The molecule has 0 aromatic carbocycles. The van der Waals surface area contributed by atoms with Crippen LogP contribution < -0.4 is 21.3 Å². The van der Waals surface area contributed by atoms with Crippen molar-refractivity contribution < 1.29 is 22.6 Å². The summed E-state index contributed by atoms with van der Waals surface area (Å²) in [7, 11) is 0. The molecule has 0 amide bonds. The van der Waals surface area contributed by atoms with E-state index in [1.54, 1.807) is 6.08 Å². The molecule has 1 saturated heterocycles. The van der Waals surface area contributed by atoms with Gasteiger partial charge in [0, 0.05) is 50.2 Å². The highest BCUT2D eigenvalue weighted by Crippen LogP contribution is 2.30. The fourth-order valence-corrected chi connectivity index (χ4v) is 4.89. The Morgan fingerprint density at radius 1 is 1.19 bits per heavy atom. The number of aromatic nitrogens is 1. The third kappa shape index (κ3) is 7.01. The molecule has 1 aromatic rings. The summed E-state index contributed by atoms with van der Waals surface area (Å²) in [6, 6.07) is 0. The fourth-order valence-electron chi connectivity index (χ4n) is 4.89. The van der Waals surface area contributed by atoms with Crippen molar-refractivity contribution in [3.8, 4) is 0 Å². The highest BCUT2D eigenvalue weighted by atomic mass is 19.4. The molecule has 1 aliphatic carbocycles. The van der Waals surface area contributed by atoms with E-state index >= 15 is 0 Å². The molecule has 200 valence electrons. The van der Waals surface area contributed by atoms with E-state index in [-0.39, 0.29) is 18.2 Å². The Labute approximate surface area is 214 Å². The molecule has 10 heteroatoms. The van der Waals surface area contributed by atoms with Crippen molar-refractivity contribution >= 4 is 6.08 Å². The third-order valence-electron chi connectivity index (χ3n) is 7.07. The molecule has 7 nitrogen and oxygen atoms in total. The van der Waals surface area contributed by atoms with Gasteiger partial charge in [-0.25, -0.2) is 0 Å². The Bertz CT molecular complexity index is 1180. The Hall–Kier alpha value is -2.66. The minimum Gasteiger partial charge on any atom is -0.379 e. The molecule has 37 heavy (non-hydrogen) atoms. The van der Waals surface area contributed by atoms with Gasteiger partial charge in [0.05, 0.1) is 44.2 Å². The maximum atomic E-state index is 12.8. The molecular formula is C27H34F3N5O2. The largest absolute Gasteiger partial charge is 0.416 e. The van der Waals surface area contributed by atoms with E-state index in [0.717, 1.165) is 55.5 Å². The number of fused-ring (bicyclic) bond motifs is 1. The van der Waals surface area contributed by atoms with Crippen molar-refractivity contribution in [1.82, 2.24) is 20.5 Å². The number of rotatable bonds is 9. The number of H-pyrrole nitrogens is 1. The van der Waals surface area contributed by atoms with Crippen molar-refractivity contribution in [1.29, 1.82) is 0 Å². The first-order valence-corrected chi connectivity index (χ1v) is 12.9. The summed E-state index contributed by atoms with van der Waals surface area (Å²) in [6.45, 7) is 6.29. The van der Waals surface area contributed by atoms with Gasteiger partial charge in [-0.05, 0) is 35.6 Å². The van der Waals surface area contributed by atoms with Crippen LogP contribution in [-0.4, -0.2) is 80.9 Å². The highest BCUT2D eigenvalue weighted by molar-refractivity contribution is 5.38. The summed E-state index contributed by atoms with van der Waals surface area (Å²) in [5, 5.41) is 7.81. The number of ether oxygens (including phenoxy) is 2. The van der Waals surface area contributed by atoms with Crippen molar-refractivity contribution in [3.05, 3.63) is 70.2 Å². The number of morpholine rings is 1. The minimum atomic E-state index is -4.27. The van der Waals surface area contributed by atoms with E-state index in [1.165, 1.54) is 17.7 Å². The average Bonchev–Trinajstić information content (AvgIpc) is 3.30. The van der Waals surface area contributed by atoms with E-state index in [0.29, 0.717) is 26.1 Å². The van der Waals surface area contributed by atoms with Crippen molar-refractivity contribution in [2.75, 3.05) is 52.5 Å². The van der Waals surface area contributed by atoms with Gasteiger partial charge in [0.15, 0.2) is 0 Å². The van der Waals surface area contributed by atoms with Gasteiger partial charge in [-0.15, -0.1) is 0 Å². The number of allylic oxidation sites excluding steroid dienone is 5. The zero-order valence-electron chi connectivity index (χ0n) is 20.8. The molecule has 0 spiro atoms. The molecule has 3 aliphatic heterocycles. The predicted octanol–water partition coefficient (Wildman–Crippen LogP) is 1.71. The van der Waals surface area contributed by atoms with Crippen LogP contribution in [0.15, 0.2) is 58.9 Å². The van der Waals surface area contributed by atoms with Gasteiger partial charge in [-0.3, -0.25) is 15.2 Å². The van der Waals surface area contributed by atoms with Gasteiger partial charge in [0.2, 0.25) is 0 Å². The minimum absolute atomic E-state index is 0.0263. The van der Waals surface area contributed by atoms with Crippen LogP contribution >= 0.6 is 0 Å². The normalized spacial score (nSPS) is 26.0. The lowest BCUT2D eigenvalue weighted by molar-refractivity contribution is -0.0887. The second kappa shape index (κ2) is 11.8. The highest BCUT2D eigenvalue weighted by Gasteiger charge is 2.32. The van der Waals surface area contributed by atoms with E-state index in [9.17, 15) is 13.2 Å². The standard InChI is InChI=1S/C27H34F3N5O2/c28-27(29,30)22-4-1-19(2-5-22)15-31-25-6-3-20(16-32-25)13-21-17-33-26-24(21)14-23(18-34-26)37-12-9-35-7-10-36-11-8-35/h1,3-6,14,16-17,19,23,25,31-32H,2,7-13,15,18H2,(H,33,34). The maximum Gasteiger partial charge on any atom is 0.416 e. The SMILES string of the molecule is FC(F)(F)C1=CCC(CNC2C=CC(Cc3c[nH]c4c3=CC(OCCN3CCOCC3)CN=4)=CN2)C=C1. The number of halogens is 3. The van der Waals surface area contributed by atoms with Crippen LogP contribution in [0.25, 0.3) is 6.08 Å². The molecule has 1 fully saturated rings. The summed E-state index contributed by atoms with van der Waals surface area (Å²) >= 11 is 0. The van der Waals surface area contributed by atoms with E-state index in [1.807, 2.05) is 18.5 Å². The van der Waals surface area contributed by atoms with E-state index in [4.69, 9.17) is 9.47 Å². The summed E-state index contributed by atoms with van der Waals surface area (Å²) in [5.74, 6) is 0.0429. The summed E-state index contributed by atoms with van der Waals surface area (Å²) in [6.07, 6.45) is 11.2. The monoisotopic (exact) mass is 517 g/mol. The molecule has 5 rings (SSSR count). The number of hydrogen-bond acceptors (Lipinski definition) is 6. The van der Waals surface area contributed by atoms with Crippen LogP contribution in [0.3, 0.4) is 0 Å². The molecule has 4 heterocycles. The Balaban J connectivity index is 1.09. The van der Waals surface area contributed by atoms with E-state index < -0.39 is 11.7 Å². The molecule has 1 aromatic heterocycles. The van der Waals surface area contributed by atoms with Crippen LogP contribution in [0, 0.1) is 5.92 Å². The van der Waals surface area contributed by atoms with Gasteiger partial charge in [-0.2, -0.15) is 13.2 Å². The van der Waals surface area contributed by atoms with Crippen LogP contribution in [0.4, 0.5) is 13.2 Å². The lowest BCUT2D eigenvalue weighted by atomic mass is 9.96. The molecule has 3 unspecified atom stereocenters. The lowest BCUT2D eigenvalue weighted by Crippen LogP contribution is -2.42. The quantitative estimate of drug-likeness (QED) is 0.465. The summed E-state index contributed by atoms with van der Waals surface area (Å²) in [5.41, 5.74) is 2.65. The molecule has 3 N–H and O–H groups in total. The Morgan fingerprint density at radius 2 is 2.05 bits per heavy atom. The number of nitrogens with zero attached hydrogens (tertiary/aromatic N) is 2. The van der Waals surface area contributed by atoms with Crippen molar-refractivity contribution in [2.45, 2.75) is 31.3 Å². The fraction of sp³-hybridized carbons (Fsp3) is 0.519. The summed E-state index contributed by atoms with van der Waals surface area (Å²) in [4.78, 5) is 10.3. The third-order valence-corrected chi connectivity index (χ3v) is 7.07. The molecule has 0 radical (unpaired) electrons. The van der Waals surface area contributed by atoms with Gasteiger partial charge < -0.3 is 19.8 Å². The second-order valence-corrected chi connectivity index (χ2v) is 9.77. The first-order valence-electron chi connectivity index (χ1n) is 12.9. The van der Waals surface area contributed by atoms with Gasteiger partial charge >= 0.3 is 6.18 Å². The van der Waals surface area contributed by atoms with Gasteiger partial charge in [0.1, 0.15) is 5.49 Å². The average molecular weight is 518 g/mol. The molecule has 0 saturated carbocycles. The molecule has 4 aliphatic rings. The summed E-state index contributed by atoms with van der Waals surface area (Å²) < 4.78 is 49.8. The zero-order chi connectivity index (χ0) is 25.7. The number of aromatic amines is 1. The van der Waals surface area contributed by atoms with Crippen LogP contribution in [0.1, 0.15) is 12.0 Å². The Morgan fingerprint density at radius 3 is 2.78 bits per heavy atom. The van der Waals surface area contributed by atoms with Gasteiger partial charge in [-0.1, -0.05) is 24.3 Å². The van der Waals surface area contributed by atoms with Gasteiger partial charge in [0.25, 0.3) is 0 Å². The Kier molecular flexibility index (Phi) is 8.29. The second-order valence-electron chi connectivity index (χ2n) is 9.77. The van der Waals surface area contributed by atoms with Crippen molar-refractivity contribution in [2.24, 2.45) is 10.9 Å². The first-order chi connectivity index (χ1) is 17.9. The predicted molar refractivity (Wildman–Crippen MR) is 135 cm³/mol. The topological polar surface area (TPSA) is 73.9 Å². The number of dihydropyridines is 1. The molecule has 0 bridgehead atoms. The smallest absolute Gasteiger partial charge is 0.379 e. The molecule has 3 atom stereocenters. The van der Waals surface area contributed by atoms with Crippen LogP contribution in [0.5, 0.6) is 0 Å². The van der Waals surface area contributed by atoms with Crippen LogP contribution in [-0.2, 0) is 15.9 Å².